The number of aromatic nitrogens is 2. The molecule has 0 aliphatic heterocycles. The van der Waals surface area contributed by atoms with Crippen LogP contribution in [0.4, 0.5) is 0 Å². The number of carbonyl (C=O) groups excluding carboxylic acids is 3. The second kappa shape index (κ2) is 14.2. The van der Waals surface area contributed by atoms with Crippen molar-refractivity contribution in [3.63, 3.8) is 0 Å². The maximum atomic E-state index is 12.8. The molecule has 14 heteroatoms. The number of hydrogen-bond donors (Lipinski definition) is 8. The summed E-state index contributed by atoms with van der Waals surface area (Å²) in [5, 5.41) is 25.5. The summed E-state index contributed by atoms with van der Waals surface area (Å²) >= 11 is 4.08. The number of aromatic amines is 1. The van der Waals surface area contributed by atoms with E-state index in [2.05, 4.69) is 38.5 Å². The first-order valence-electron chi connectivity index (χ1n) is 10.6. The van der Waals surface area contributed by atoms with E-state index in [4.69, 9.17) is 10.8 Å². The molecule has 34 heavy (non-hydrogen) atoms. The fourth-order valence-corrected chi connectivity index (χ4v) is 3.20. The van der Waals surface area contributed by atoms with Crippen LogP contribution in [0.25, 0.3) is 0 Å². The van der Waals surface area contributed by atoms with Crippen molar-refractivity contribution in [2.24, 2.45) is 11.7 Å². The number of imidazole rings is 1. The van der Waals surface area contributed by atoms with Crippen LogP contribution in [0.1, 0.15) is 38.8 Å². The molecule has 3 amide bonds. The number of nitrogens with zero attached hydrogens (tertiary/aromatic N) is 1. The summed E-state index contributed by atoms with van der Waals surface area (Å²) in [6.07, 6.45) is 2.58. The van der Waals surface area contributed by atoms with Crippen LogP contribution < -0.4 is 21.7 Å². The lowest BCUT2D eigenvalue weighted by molar-refractivity contribution is -0.142. The van der Waals surface area contributed by atoms with E-state index in [1.807, 2.05) is 13.8 Å². The summed E-state index contributed by atoms with van der Waals surface area (Å²) in [6.45, 7) is 3.65. The Hall–Kier alpha value is -3.13. The Morgan fingerprint density at radius 2 is 1.62 bits per heavy atom. The molecule has 0 aromatic carbocycles. The van der Waals surface area contributed by atoms with Crippen molar-refractivity contribution in [1.29, 1.82) is 0 Å². The van der Waals surface area contributed by atoms with E-state index in [1.165, 1.54) is 12.5 Å². The minimum Gasteiger partial charge on any atom is -0.481 e. The molecule has 0 spiro atoms. The van der Waals surface area contributed by atoms with Gasteiger partial charge in [0.15, 0.2) is 0 Å². The molecule has 8 N–H and O–H groups in total. The minimum atomic E-state index is -1.27. The first-order chi connectivity index (χ1) is 15.9. The zero-order valence-electron chi connectivity index (χ0n) is 19.0. The number of carbonyl (C=O) groups is 5. The van der Waals surface area contributed by atoms with Crippen LogP contribution in [0, 0.1) is 5.92 Å². The number of H-pyrrole nitrogens is 1. The highest BCUT2D eigenvalue weighted by Crippen LogP contribution is 2.07. The number of amides is 3. The van der Waals surface area contributed by atoms with E-state index < -0.39 is 53.8 Å². The number of nitrogens with one attached hydrogen (secondary N) is 4. The Morgan fingerprint density at radius 1 is 1.03 bits per heavy atom. The van der Waals surface area contributed by atoms with Crippen molar-refractivity contribution in [1.82, 2.24) is 25.9 Å². The number of thiol groups is 1. The highest BCUT2D eigenvalue weighted by atomic mass is 32.1. The molecule has 0 fully saturated rings. The van der Waals surface area contributed by atoms with Crippen molar-refractivity contribution in [3.8, 4) is 0 Å². The molecular formula is C20H32N6O7S. The summed E-state index contributed by atoms with van der Waals surface area (Å²) in [7, 11) is 0. The van der Waals surface area contributed by atoms with E-state index >= 15 is 0 Å². The SMILES string of the molecule is CC(C)CC(NC(=O)C(N)CCC(=O)O)C(=O)NC(CS)C(=O)NC(Cc1cnc[nH]1)C(=O)O. The molecule has 0 radical (unpaired) electrons. The van der Waals surface area contributed by atoms with Gasteiger partial charge >= 0.3 is 11.9 Å². The summed E-state index contributed by atoms with van der Waals surface area (Å²) in [5.41, 5.74) is 6.21. The van der Waals surface area contributed by atoms with Gasteiger partial charge in [0, 0.05) is 30.5 Å². The van der Waals surface area contributed by atoms with Gasteiger partial charge in [0.1, 0.15) is 18.1 Å². The number of aliphatic carboxylic acids is 2. The van der Waals surface area contributed by atoms with E-state index in [1.54, 1.807) is 0 Å². The van der Waals surface area contributed by atoms with Crippen LogP contribution in [0.15, 0.2) is 12.5 Å². The van der Waals surface area contributed by atoms with Crippen molar-refractivity contribution < 1.29 is 34.2 Å². The average molecular weight is 501 g/mol. The summed E-state index contributed by atoms with van der Waals surface area (Å²) in [4.78, 5) is 66.6. The monoisotopic (exact) mass is 500 g/mol. The fraction of sp³-hybridized carbons (Fsp3) is 0.600. The van der Waals surface area contributed by atoms with Gasteiger partial charge in [-0.2, -0.15) is 12.6 Å². The van der Waals surface area contributed by atoms with Crippen LogP contribution in [0.3, 0.4) is 0 Å². The Kier molecular flexibility index (Phi) is 12.1. The summed E-state index contributed by atoms with van der Waals surface area (Å²) < 4.78 is 0. The van der Waals surface area contributed by atoms with Crippen molar-refractivity contribution in [3.05, 3.63) is 18.2 Å². The second-order valence-electron chi connectivity index (χ2n) is 8.15. The van der Waals surface area contributed by atoms with E-state index in [9.17, 15) is 29.1 Å². The largest absolute Gasteiger partial charge is 0.481 e. The van der Waals surface area contributed by atoms with Crippen molar-refractivity contribution >= 4 is 42.3 Å². The maximum Gasteiger partial charge on any atom is 0.326 e. The first kappa shape index (κ1) is 28.9. The van der Waals surface area contributed by atoms with Gasteiger partial charge in [-0.05, 0) is 18.8 Å². The van der Waals surface area contributed by atoms with Crippen molar-refractivity contribution in [2.45, 2.75) is 63.7 Å². The number of nitrogens with two attached hydrogens (primary N) is 1. The molecular weight excluding hydrogens is 468 g/mol. The maximum absolute atomic E-state index is 12.8. The molecule has 0 aliphatic rings. The van der Waals surface area contributed by atoms with Gasteiger partial charge in [0.25, 0.3) is 0 Å². The third-order valence-corrected chi connectivity index (χ3v) is 5.12. The Bertz CT molecular complexity index is 848. The topological polar surface area (TPSA) is 217 Å². The van der Waals surface area contributed by atoms with Crippen LogP contribution in [-0.4, -0.2) is 79.8 Å². The van der Waals surface area contributed by atoms with E-state index in [0.29, 0.717) is 5.69 Å². The molecule has 190 valence electrons. The highest BCUT2D eigenvalue weighted by molar-refractivity contribution is 7.80. The van der Waals surface area contributed by atoms with E-state index in [0.717, 1.165) is 0 Å². The molecule has 1 rings (SSSR count). The van der Waals surface area contributed by atoms with Gasteiger partial charge in [-0.15, -0.1) is 0 Å². The smallest absolute Gasteiger partial charge is 0.326 e. The Balaban J connectivity index is 2.82. The summed E-state index contributed by atoms with van der Waals surface area (Å²) in [5.74, 6) is -4.65. The van der Waals surface area contributed by atoms with Crippen LogP contribution in [0.5, 0.6) is 0 Å². The Morgan fingerprint density at radius 3 is 2.12 bits per heavy atom. The lowest BCUT2D eigenvalue weighted by atomic mass is 10.0. The summed E-state index contributed by atoms with van der Waals surface area (Å²) in [6, 6.07) is -4.61. The number of hydrogen-bond acceptors (Lipinski definition) is 8. The van der Waals surface area contributed by atoms with Crippen LogP contribution >= 0.6 is 12.6 Å². The molecule has 1 aromatic rings. The molecule has 13 nitrogen and oxygen atoms in total. The molecule has 0 bridgehead atoms. The number of rotatable bonds is 15. The van der Waals surface area contributed by atoms with E-state index in [-0.39, 0.29) is 37.4 Å². The van der Waals surface area contributed by atoms with Crippen LogP contribution in [0.2, 0.25) is 0 Å². The number of carboxylic acid groups (broad SMARTS) is 2. The molecule has 4 unspecified atom stereocenters. The van der Waals surface area contributed by atoms with Gasteiger partial charge in [-0.3, -0.25) is 19.2 Å². The average Bonchev–Trinajstić information content (AvgIpc) is 3.27. The second-order valence-corrected chi connectivity index (χ2v) is 8.52. The number of carboxylic acids is 2. The third kappa shape index (κ3) is 10.2. The predicted octanol–water partition coefficient (Wildman–Crippen LogP) is -1.34. The minimum absolute atomic E-state index is 0.0135. The quantitative estimate of drug-likeness (QED) is 0.133. The van der Waals surface area contributed by atoms with Crippen molar-refractivity contribution in [2.75, 3.05) is 5.75 Å². The van der Waals surface area contributed by atoms with Crippen LogP contribution in [-0.2, 0) is 30.4 Å². The standard InChI is InChI=1S/C20H32N6O7S/c1-10(2)5-13(24-17(29)12(21)3-4-16(27)28)18(30)26-15(8-34)19(31)25-14(20(32)33)6-11-7-22-9-23-11/h7,9-10,12-15,34H,3-6,8,21H2,1-2H3,(H,22,23)(H,24,29)(H,25,31)(H,26,30)(H,27,28)(H,32,33). The van der Waals surface area contributed by atoms with Gasteiger partial charge in [0.05, 0.1) is 12.4 Å². The van der Waals surface area contributed by atoms with Gasteiger partial charge in [-0.25, -0.2) is 9.78 Å². The predicted molar refractivity (Wildman–Crippen MR) is 124 cm³/mol. The lowest BCUT2D eigenvalue weighted by Crippen LogP contribution is -2.58. The first-order valence-corrected chi connectivity index (χ1v) is 11.3. The molecule has 4 atom stereocenters. The third-order valence-electron chi connectivity index (χ3n) is 4.76. The highest BCUT2D eigenvalue weighted by Gasteiger charge is 2.30. The van der Waals surface area contributed by atoms with Gasteiger partial charge in [-0.1, -0.05) is 13.8 Å². The normalized spacial score (nSPS) is 14.5. The molecule has 0 saturated carbocycles. The molecule has 0 aliphatic carbocycles. The molecule has 1 heterocycles. The lowest BCUT2D eigenvalue weighted by Gasteiger charge is -2.25. The zero-order chi connectivity index (χ0) is 25.8. The molecule has 0 saturated heterocycles. The zero-order valence-corrected chi connectivity index (χ0v) is 19.9. The Labute approximate surface area is 202 Å². The molecule has 1 aromatic heterocycles. The fourth-order valence-electron chi connectivity index (χ4n) is 2.95. The van der Waals surface area contributed by atoms with Gasteiger partial charge in [0.2, 0.25) is 17.7 Å². The van der Waals surface area contributed by atoms with Gasteiger partial charge < -0.3 is 36.9 Å².